The highest BCUT2D eigenvalue weighted by molar-refractivity contribution is 5.85. The number of aromatic amines is 1. The Morgan fingerprint density at radius 3 is 2.63 bits per heavy atom. The summed E-state index contributed by atoms with van der Waals surface area (Å²) in [7, 11) is 0. The molecule has 0 aliphatic carbocycles. The Morgan fingerprint density at radius 1 is 1.30 bits per heavy atom. The number of carbonyl (C=O) groups is 1. The number of piperidine rings is 1. The number of nitrogens with zero attached hydrogens (tertiary/aromatic N) is 3. The number of hydrogen-bond acceptors (Lipinski definition) is 5. The van der Waals surface area contributed by atoms with Gasteiger partial charge in [0, 0.05) is 48.3 Å². The number of halogens is 2. The van der Waals surface area contributed by atoms with Gasteiger partial charge in [-0.3, -0.25) is 14.6 Å². The van der Waals surface area contributed by atoms with Gasteiger partial charge in [0.25, 0.3) is 5.56 Å². The maximum absolute atomic E-state index is 12.7. The van der Waals surface area contributed by atoms with Gasteiger partial charge in [0.05, 0.1) is 6.42 Å². The van der Waals surface area contributed by atoms with Crippen LogP contribution in [0, 0.1) is 6.92 Å². The average Bonchev–Trinajstić information content (AvgIpc) is 2.65. The Balaban J connectivity index is 0.00000182. The van der Waals surface area contributed by atoms with Crippen LogP contribution in [0.15, 0.2) is 29.3 Å². The topological polar surface area (TPSA) is 105 Å². The first-order valence-corrected chi connectivity index (χ1v) is 8.60. The number of pyridine rings is 1. The molecule has 3 rings (SSSR count). The molecule has 2 aromatic rings. The van der Waals surface area contributed by atoms with Gasteiger partial charge in [0.2, 0.25) is 5.91 Å². The van der Waals surface area contributed by atoms with Crippen LogP contribution in [0.3, 0.4) is 0 Å². The Kier molecular flexibility index (Phi) is 8.88. The molecular weight excluding hydrogens is 389 g/mol. The van der Waals surface area contributed by atoms with Crippen LogP contribution < -0.4 is 11.3 Å². The van der Waals surface area contributed by atoms with Crippen LogP contribution >= 0.6 is 24.8 Å². The SMILES string of the molecule is Cc1nc(-c2ccncc2)[nH]c(=O)c1CC(=O)N1CCCCC1CN.Cl.Cl. The lowest BCUT2D eigenvalue weighted by atomic mass is 10.0. The van der Waals surface area contributed by atoms with Crippen molar-refractivity contribution in [2.45, 2.75) is 38.6 Å². The van der Waals surface area contributed by atoms with Crippen LogP contribution in [0.1, 0.15) is 30.5 Å². The molecule has 1 saturated heterocycles. The standard InChI is InChI=1S/C18H23N5O2.2ClH/c1-12-15(10-16(24)23-9-3-2-4-14(23)11-19)18(25)22-17(21-12)13-5-7-20-8-6-13;;/h5-8,14H,2-4,9-11,19H2,1H3,(H,21,22,25);2*1H. The van der Waals surface area contributed by atoms with Crippen LogP contribution in [-0.2, 0) is 11.2 Å². The average molecular weight is 414 g/mol. The Labute approximate surface area is 170 Å². The number of aromatic nitrogens is 3. The van der Waals surface area contributed by atoms with Gasteiger partial charge >= 0.3 is 0 Å². The molecule has 27 heavy (non-hydrogen) atoms. The van der Waals surface area contributed by atoms with Crippen molar-refractivity contribution in [1.82, 2.24) is 19.9 Å². The molecule has 1 atom stereocenters. The molecule has 2 aromatic heterocycles. The van der Waals surface area contributed by atoms with Crippen LogP contribution in [0.5, 0.6) is 0 Å². The lowest BCUT2D eigenvalue weighted by Crippen LogP contribution is -2.48. The first kappa shape index (κ1) is 23.1. The lowest BCUT2D eigenvalue weighted by Gasteiger charge is -2.35. The number of amides is 1. The van der Waals surface area contributed by atoms with E-state index >= 15 is 0 Å². The van der Waals surface area contributed by atoms with Crippen LogP contribution in [0.25, 0.3) is 11.4 Å². The van der Waals surface area contributed by atoms with Crippen LogP contribution in [0.4, 0.5) is 0 Å². The van der Waals surface area contributed by atoms with Gasteiger partial charge in [0.15, 0.2) is 0 Å². The monoisotopic (exact) mass is 413 g/mol. The molecule has 9 heteroatoms. The molecule has 1 amide bonds. The smallest absolute Gasteiger partial charge is 0.255 e. The summed E-state index contributed by atoms with van der Waals surface area (Å²) in [6, 6.07) is 3.63. The molecule has 0 bridgehead atoms. The zero-order valence-corrected chi connectivity index (χ0v) is 16.8. The van der Waals surface area contributed by atoms with Crippen molar-refractivity contribution in [3.8, 4) is 11.4 Å². The molecule has 1 unspecified atom stereocenters. The van der Waals surface area contributed by atoms with Gasteiger partial charge in [-0.25, -0.2) is 4.98 Å². The van der Waals surface area contributed by atoms with E-state index in [0.29, 0.717) is 30.2 Å². The second-order valence-electron chi connectivity index (χ2n) is 6.36. The molecule has 7 nitrogen and oxygen atoms in total. The van der Waals surface area contributed by atoms with E-state index in [1.165, 1.54) is 0 Å². The molecule has 3 N–H and O–H groups in total. The summed E-state index contributed by atoms with van der Waals surface area (Å²) >= 11 is 0. The van der Waals surface area contributed by atoms with E-state index in [9.17, 15) is 9.59 Å². The van der Waals surface area contributed by atoms with Crippen molar-refractivity contribution in [2.24, 2.45) is 5.73 Å². The quantitative estimate of drug-likeness (QED) is 0.795. The molecule has 0 aromatic carbocycles. The third-order valence-corrected chi connectivity index (χ3v) is 4.72. The molecule has 0 saturated carbocycles. The third-order valence-electron chi connectivity index (χ3n) is 4.72. The predicted molar refractivity (Wildman–Crippen MR) is 109 cm³/mol. The first-order valence-electron chi connectivity index (χ1n) is 8.60. The van der Waals surface area contributed by atoms with E-state index in [1.54, 1.807) is 31.5 Å². The van der Waals surface area contributed by atoms with Crippen molar-refractivity contribution < 1.29 is 4.79 Å². The minimum absolute atomic E-state index is 0. The number of hydrogen-bond donors (Lipinski definition) is 2. The van der Waals surface area contributed by atoms with Gasteiger partial charge in [-0.15, -0.1) is 24.8 Å². The number of nitrogens with two attached hydrogens (primary N) is 1. The summed E-state index contributed by atoms with van der Waals surface area (Å²) in [6.07, 6.45) is 6.35. The molecule has 3 heterocycles. The minimum Gasteiger partial charge on any atom is -0.338 e. The van der Waals surface area contributed by atoms with E-state index < -0.39 is 0 Å². The van der Waals surface area contributed by atoms with Gasteiger partial charge < -0.3 is 15.6 Å². The highest BCUT2D eigenvalue weighted by Crippen LogP contribution is 2.18. The number of nitrogens with one attached hydrogen (secondary N) is 1. The third kappa shape index (κ3) is 5.28. The molecular formula is C18H25Cl2N5O2. The van der Waals surface area contributed by atoms with Crippen molar-refractivity contribution in [3.05, 3.63) is 46.1 Å². The second kappa shape index (κ2) is 10.4. The molecule has 0 spiro atoms. The molecule has 0 radical (unpaired) electrons. The Bertz CT molecular complexity index is 813. The predicted octanol–water partition coefficient (Wildman–Crippen LogP) is 1.87. The summed E-state index contributed by atoms with van der Waals surface area (Å²) in [5, 5.41) is 0. The first-order chi connectivity index (χ1) is 12.1. The molecule has 1 aliphatic heterocycles. The summed E-state index contributed by atoms with van der Waals surface area (Å²) in [4.78, 5) is 38.2. The van der Waals surface area contributed by atoms with E-state index in [-0.39, 0.29) is 48.7 Å². The summed E-state index contributed by atoms with van der Waals surface area (Å²) in [6.45, 7) is 2.93. The highest BCUT2D eigenvalue weighted by atomic mass is 35.5. The van der Waals surface area contributed by atoms with Crippen molar-refractivity contribution >= 4 is 30.7 Å². The van der Waals surface area contributed by atoms with Gasteiger partial charge in [-0.1, -0.05) is 0 Å². The minimum atomic E-state index is -0.269. The fourth-order valence-electron chi connectivity index (χ4n) is 3.29. The maximum atomic E-state index is 12.7. The van der Waals surface area contributed by atoms with Gasteiger partial charge in [-0.2, -0.15) is 0 Å². The number of carbonyl (C=O) groups excluding carboxylic acids is 1. The number of H-pyrrole nitrogens is 1. The van der Waals surface area contributed by atoms with E-state index in [2.05, 4.69) is 15.0 Å². The summed E-state index contributed by atoms with van der Waals surface area (Å²) in [5.74, 6) is 0.432. The Morgan fingerprint density at radius 2 is 2.00 bits per heavy atom. The van der Waals surface area contributed by atoms with Crippen molar-refractivity contribution in [2.75, 3.05) is 13.1 Å². The zero-order valence-electron chi connectivity index (χ0n) is 15.2. The second-order valence-corrected chi connectivity index (χ2v) is 6.36. The van der Waals surface area contributed by atoms with Crippen molar-refractivity contribution in [1.29, 1.82) is 0 Å². The van der Waals surface area contributed by atoms with Crippen LogP contribution in [-0.4, -0.2) is 44.9 Å². The van der Waals surface area contributed by atoms with Gasteiger partial charge in [-0.05, 0) is 38.3 Å². The normalized spacial score (nSPS) is 16.2. The Hall–Kier alpha value is -1.96. The van der Waals surface area contributed by atoms with E-state index in [4.69, 9.17) is 5.73 Å². The van der Waals surface area contributed by atoms with Crippen LogP contribution in [0.2, 0.25) is 0 Å². The highest BCUT2D eigenvalue weighted by Gasteiger charge is 2.26. The number of aryl methyl sites for hydroxylation is 1. The molecule has 1 fully saturated rings. The van der Waals surface area contributed by atoms with Crippen molar-refractivity contribution in [3.63, 3.8) is 0 Å². The fourth-order valence-corrected chi connectivity index (χ4v) is 3.29. The van der Waals surface area contributed by atoms with Gasteiger partial charge in [0.1, 0.15) is 5.82 Å². The maximum Gasteiger partial charge on any atom is 0.255 e. The van der Waals surface area contributed by atoms with E-state index in [0.717, 1.165) is 24.8 Å². The molecule has 148 valence electrons. The van der Waals surface area contributed by atoms with E-state index in [1.807, 2.05) is 4.90 Å². The number of rotatable bonds is 4. The fraction of sp³-hybridized carbons (Fsp3) is 0.444. The summed E-state index contributed by atoms with van der Waals surface area (Å²) < 4.78 is 0. The largest absolute Gasteiger partial charge is 0.338 e. The number of likely N-dealkylation sites (tertiary alicyclic amines) is 1. The zero-order chi connectivity index (χ0) is 17.8. The molecule has 1 aliphatic rings. The lowest BCUT2D eigenvalue weighted by molar-refractivity contribution is -0.133. The summed E-state index contributed by atoms with van der Waals surface area (Å²) in [5.41, 5.74) is 7.30.